The van der Waals surface area contributed by atoms with Crippen LogP contribution in [0.25, 0.3) is 0 Å². The van der Waals surface area contributed by atoms with Gasteiger partial charge in [0.05, 0.1) is 5.75 Å². The zero-order valence-electron chi connectivity index (χ0n) is 9.45. The number of H-pyrrole nitrogens is 1. The molecule has 0 bridgehead atoms. The van der Waals surface area contributed by atoms with E-state index in [1.54, 1.807) is 0 Å². The number of rotatable bonds is 5. The van der Waals surface area contributed by atoms with Gasteiger partial charge in [-0.2, -0.15) is 13.9 Å². The van der Waals surface area contributed by atoms with Crippen LogP contribution in [-0.4, -0.2) is 30.2 Å². The second kappa shape index (κ2) is 5.31. The molecule has 0 saturated carbocycles. The number of halogens is 2. The highest BCUT2D eigenvalue weighted by Gasteiger charge is 2.18. The van der Waals surface area contributed by atoms with Crippen LogP contribution in [-0.2, 0) is 15.6 Å². The van der Waals surface area contributed by atoms with Crippen molar-refractivity contribution in [1.29, 1.82) is 0 Å². The highest BCUT2D eigenvalue weighted by Crippen LogP contribution is 2.18. The Kier molecular flexibility index (Phi) is 3.74. The summed E-state index contributed by atoms with van der Waals surface area (Å²) < 4.78 is 51.7. The Morgan fingerprint density at radius 2 is 1.95 bits per heavy atom. The standard InChI is InChI=1S/C10H9F2N3O3S/c11-9(12)18-8-3-1-7(2-4-8)5-19(16,17)10-13-6-14-15-10/h1-4,6,9H,5H2,(H,13,14,15). The number of aromatic amines is 1. The molecule has 0 aliphatic carbocycles. The van der Waals surface area contributed by atoms with E-state index in [9.17, 15) is 17.2 Å². The van der Waals surface area contributed by atoms with Crippen LogP contribution < -0.4 is 4.74 Å². The summed E-state index contributed by atoms with van der Waals surface area (Å²) in [4.78, 5) is 3.56. The molecule has 0 aliphatic rings. The lowest BCUT2D eigenvalue weighted by molar-refractivity contribution is -0.0498. The summed E-state index contributed by atoms with van der Waals surface area (Å²) >= 11 is 0. The fraction of sp³-hybridized carbons (Fsp3) is 0.200. The van der Waals surface area contributed by atoms with E-state index in [0.29, 0.717) is 5.56 Å². The summed E-state index contributed by atoms with van der Waals surface area (Å²) in [6.45, 7) is -2.91. The van der Waals surface area contributed by atoms with Crippen molar-refractivity contribution in [1.82, 2.24) is 15.2 Å². The first-order chi connectivity index (χ1) is 8.97. The van der Waals surface area contributed by atoms with Crippen molar-refractivity contribution in [2.45, 2.75) is 17.5 Å². The van der Waals surface area contributed by atoms with E-state index in [1.807, 2.05) is 0 Å². The zero-order chi connectivity index (χ0) is 13.9. The molecule has 0 amide bonds. The van der Waals surface area contributed by atoms with E-state index in [1.165, 1.54) is 24.3 Å². The average molecular weight is 289 g/mol. The van der Waals surface area contributed by atoms with Gasteiger partial charge in [0.15, 0.2) is 0 Å². The second-order valence-electron chi connectivity index (χ2n) is 3.57. The van der Waals surface area contributed by atoms with Gasteiger partial charge in [0, 0.05) is 0 Å². The number of ether oxygens (including phenoxy) is 1. The van der Waals surface area contributed by atoms with Gasteiger partial charge in [0.25, 0.3) is 0 Å². The Labute approximate surface area is 107 Å². The number of aromatic nitrogens is 3. The molecule has 19 heavy (non-hydrogen) atoms. The molecule has 1 heterocycles. The molecule has 1 aromatic heterocycles. The summed E-state index contributed by atoms with van der Waals surface area (Å²) in [5.74, 6) is -0.340. The highest BCUT2D eigenvalue weighted by atomic mass is 32.2. The molecule has 9 heteroatoms. The molecule has 1 N–H and O–H groups in total. The molecule has 2 rings (SSSR count). The number of nitrogens with one attached hydrogen (secondary N) is 1. The Bertz CT molecular complexity index is 627. The Hall–Kier alpha value is -2.03. The second-order valence-corrected chi connectivity index (χ2v) is 5.48. The summed E-state index contributed by atoms with van der Waals surface area (Å²) in [7, 11) is -3.62. The third-order valence-electron chi connectivity index (χ3n) is 2.19. The monoisotopic (exact) mass is 289 g/mol. The third-order valence-corrected chi connectivity index (χ3v) is 3.69. The van der Waals surface area contributed by atoms with Gasteiger partial charge in [-0.15, -0.1) is 0 Å². The number of hydrogen-bond donors (Lipinski definition) is 1. The van der Waals surface area contributed by atoms with Gasteiger partial charge in [-0.05, 0) is 17.7 Å². The van der Waals surface area contributed by atoms with Gasteiger partial charge >= 0.3 is 6.61 Å². The minimum absolute atomic E-state index is 0.0317. The van der Waals surface area contributed by atoms with Crippen LogP contribution in [0.1, 0.15) is 5.56 Å². The van der Waals surface area contributed by atoms with E-state index in [4.69, 9.17) is 0 Å². The normalized spacial score (nSPS) is 11.7. The van der Waals surface area contributed by atoms with Gasteiger partial charge in [-0.1, -0.05) is 12.1 Å². The molecule has 0 fully saturated rings. The quantitative estimate of drug-likeness (QED) is 0.898. The van der Waals surface area contributed by atoms with E-state index in [-0.39, 0.29) is 16.7 Å². The van der Waals surface area contributed by atoms with Crippen molar-refractivity contribution < 1.29 is 21.9 Å². The van der Waals surface area contributed by atoms with Gasteiger partial charge in [-0.3, -0.25) is 5.10 Å². The van der Waals surface area contributed by atoms with Crippen LogP contribution in [0.5, 0.6) is 5.75 Å². The van der Waals surface area contributed by atoms with Crippen LogP contribution >= 0.6 is 0 Å². The van der Waals surface area contributed by atoms with Crippen molar-refractivity contribution in [3.05, 3.63) is 36.2 Å². The first-order valence-corrected chi connectivity index (χ1v) is 6.74. The lowest BCUT2D eigenvalue weighted by Gasteiger charge is -2.05. The molecule has 0 aliphatic heterocycles. The smallest absolute Gasteiger partial charge is 0.387 e. The molecular weight excluding hydrogens is 280 g/mol. The van der Waals surface area contributed by atoms with E-state index < -0.39 is 16.4 Å². The molecule has 0 saturated heterocycles. The molecule has 6 nitrogen and oxygen atoms in total. The predicted molar refractivity (Wildman–Crippen MR) is 60.3 cm³/mol. The number of alkyl halides is 2. The number of hydrogen-bond acceptors (Lipinski definition) is 5. The third kappa shape index (κ3) is 3.47. The van der Waals surface area contributed by atoms with Crippen molar-refractivity contribution in [2.24, 2.45) is 0 Å². The lowest BCUT2D eigenvalue weighted by Crippen LogP contribution is -2.07. The summed E-state index contributed by atoms with van der Waals surface area (Å²) in [6.07, 6.45) is 1.09. The SMILES string of the molecule is O=S(=O)(Cc1ccc(OC(F)F)cc1)c1ncn[nH]1. The van der Waals surface area contributed by atoms with Crippen LogP contribution in [0.2, 0.25) is 0 Å². The summed E-state index contributed by atoms with van der Waals surface area (Å²) in [5, 5.41) is 5.48. The number of nitrogens with zero attached hydrogens (tertiary/aromatic N) is 2. The lowest BCUT2D eigenvalue weighted by atomic mass is 10.2. The first kappa shape index (κ1) is 13.4. The van der Waals surface area contributed by atoms with Crippen LogP contribution in [0.15, 0.2) is 35.7 Å². The molecule has 0 spiro atoms. The Morgan fingerprint density at radius 1 is 1.26 bits per heavy atom. The highest BCUT2D eigenvalue weighted by molar-refractivity contribution is 7.90. The molecule has 0 radical (unpaired) electrons. The molecule has 102 valence electrons. The van der Waals surface area contributed by atoms with Gasteiger partial charge in [0.1, 0.15) is 12.1 Å². The fourth-order valence-electron chi connectivity index (χ4n) is 1.40. The maximum Gasteiger partial charge on any atom is 0.387 e. The van der Waals surface area contributed by atoms with Crippen LogP contribution in [0.4, 0.5) is 8.78 Å². The maximum absolute atomic E-state index is 11.9. The van der Waals surface area contributed by atoms with Crippen molar-refractivity contribution in [2.75, 3.05) is 0 Å². The summed E-state index contributed by atoms with van der Waals surface area (Å²) in [6, 6.07) is 5.34. The topological polar surface area (TPSA) is 84.9 Å². The molecule has 0 atom stereocenters. The zero-order valence-corrected chi connectivity index (χ0v) is 10.3. The average Bonchev–Trinajstić information content (AvgIpc) is 2.85. The molecule has 0 unspecified atom stereocenters. The van der Waals surface area contributed by atoms with E-state index in [2.05, 4.69) is 19.9 Å². The van der Waals surface area contributed by atoms with E-state index in [0.717, 1.165) is 6.33 Å². The van der Waals surface area contributed by atoms with Gasteiger partial charge in [0.2, 0.25) is 15.0 Å². The predicted octanol–water partition coefficient (Wildman–Crippen LogP) is 1.38. The maximum atomic E-state index is 11.9. The van der Waals surface area contributed by atoms with Gasteiger partial charge in [-0.25, -0.2) is 13.4 Å². The Balaban J connectivity index is 2.12. The minimum atomic E-state index is -3.62. The summed E-state index contributed by atoms with van der Waals surface area (Å²) in [5.41, 5.74) is 0.429. The van der Waals surface area contributed by atoms with Crippen LogP contribution in [0, 0.1) is 0 Å². The van der Waals surface area contributed by atoms with Gasteiger partial charge < -0.3 is 4.74 Å². The molecular formula is C10H9F2N3O3S. The minimum Gasteiger partial charge on any atom is -0.435 e. The molecule has 1 aromatic carbocycles. The van der Waals surface area contributed by atoms with Crippen LogP contribution in [0.3, 0.4) is 0 Å². The first-order valence-electron chi connectivity index (χ1n) is 5.09. The fourth-order valence-corrected chi connectivity index (χ4v) is 2.57. The number of benzene rings is 1. The largest absolute Gasteiger partial charge is 0.435 e. The van der Waals surface area contributed by atoms with Crippen molar-refractivity contribution in [3.8, 4) is 5.75 Å². The number of sulfone groups is 1. The van der Waals surface area contributed by atoms with Crippen molar-refractivity contribution >= 4 is 9.84 Å². The van der Waals surface area contributed by atoms with E-state index >= 15 is 0 Å². The Morgan fingerprint density at radius 3 is 2.47 bits per heavy atom. The molecule has 2 aromatic rings. The van der Waals surface area contributed by atoms with Crippen molar-refractivity contribution in [3.63, 3.8) is 0 Å².